The van der Waals surface area contributed by atoms with E-state index in [1.165, 1.54) is 0 Å². The van der Waals surface area contributed by atoms with Crippen LogP contribution in [0.25, 0.3) is 0 Å². The number of hydrogen-bond acceptors (Lipinski definition) is 6. The van der Waals surface area contributed by atoms with Crippen LogP contribution in [0.3, 0.4) is 0 Å². The van der Waals surface area contributed by atoms with Crippen molar-refractivity contribution >= 4 is 26.3 Å². The second-order valence-corrected chi connectivity index (χ2v) is 5.21. The van der Waals surface area contributed by atoms with Crippen LogP contribution in [0, 0.1) is 0 Å². The van der Waals surface area contributed by atoms with Gasteiger partial charge in [-0.3, -0.25) is 4.84 Å². The fourth-order valence-electron chi connectivity index (χ4n) is 0.481. The molecule has 0 aliphatic carbocycles. The highest BCUT2D eigenvalue weighted by Crippen LogP contribution is 2.07. The highest BCUT2D eigenvalue weighted by atomic mass is 32.3. The molecule has 0 saturated heterocycles. The van der Waals surface area contributed by atoms with Crippen molar-refractivity contribution in [2.45, 2.75) is 0 Å². The minimum Gasteiger partial charge on any atom is -0.272 e. The topological polar surface area (TPSA) is 110 Å². The first-order valence-corrected chi connectivity index (χ1v) is 5.89. The van der Waals surface area contributed by atoms with Gasteiger partial charge in [-0.25, -0.2) is 13.2 Å². The molecule has 13 heavy (non-hydrogen) atoms. The van der Waals surface area contributed by atoms with E-state index in [1.807, 2.05) is 0 Å². The Morgan fingerprint density at radius 3 is 2.00 bits per heavy atom. The Balaban J connectivity index is 5.39. The summed E-state index contributed by atoms with van der Waals surface area (Å²) in [5.41, 5.74) is 0. The first-order chi connectivity index (χ1) is 5.75. The second-order valence-electron chi connectivity index (χ2n) is 1.77. The molecule has 0 atom stereocenters. The van der Waals surface area contributed by atoms with Gasteiger partial charge in [0.15, 0.2) is 0 Å². The maximum atomic E-state index is 10.8. The number of sulfonamides is 1. The van der Waals surface area contributed by atoms with Crippen LogP contribution >= 0.6 is 0 Å². The van der Waals surface area contributed by atoms with Crippen LogP contribution in [0.1, 0.15) is 0 Å². The Morgan fingerprint density at radius 1 is 1.31 bits per heavy atom. The van der Waals surface area contributed by atoms with E-state index in [0.717, 1.165) is 7.11 Å². The Labute approximate surface area is 75.0 Å². The molecule has 0 N–H and O–H groups in total. The molecular formula is C3H6N2O6S2. The molecule has 0 aromatic heterocycles. The molecule has 0 amide bonds. The van der Waals surface area contributed by atoms with Crippen molar-refractivity contribution in [3.63, 3.8) is 0 Å². The van der Waals surface area contributed by atoms with Crippen molar-refractivity contribution < 1.29 is 26.5 Å². The van der Waals surface area contributed by atoms with Crippen molar-refractivity contribution in [3.05, 3.63) is 0 Å². The molecule has 0 rings (SSSR count). The molecule has 0 fully saturated rings. The quantitative estimate of drug-likeness (QED) is 0.326. The van der Waals surface area contributed by atoms with E-state index in [1.54, 1.807) is 0 Å². The van der Waals surface area contributed by atoms with Crippen molar-refractivity contribution in [2.24, 2.45) is 4.40 Å². The first-order valence-electron chi connectivity index (χ1n) is 2.64. The van der Waals surface area contributed by atoms with Crippen LogP contribution in [0.2, 0.25) is 0 Å². The minimum absolute atomic E-state index is 0.398. The lowest BCUT2D eigenvalue weighted by atomic mass is 11.7. The number of carbonyl (C=O) groups excluding carboxylic acids is 1. The summed E-state index contributed by atoms with van der Waals surface area (Å²) in [4.78, 5) is 13.6. The fraction of sp³-hybridized carbons (Fsp3) is 0.667. The highest BCUT2D eigenvalue weighted by Gasteiger charge is 2.31. The third-order valence-corrected chi connectivity index (χ3v) is 3.66. The summed E-state index contributed by atoms with van der Waals surface area (Å²) in [6.45, 7) is 0. The normalized spacial score (nSPS) is 12.5. The summed E-state index contributed by atoms with van der Waals surface area (Å²) < 4.78 is 44.9. The number of isocyanates is 1. The van der Waals surface area contributed by atoms with Crippen LogP contribution < -0.4 is 0 Å². The van der Waals surface area contributed by atoms with E-state index < -0.39 is 24.1 Å². The van der Waals surface area contributed by atoms with Gasteiger partial charge in [-0.2, -0.15) is 8.42 Å². The molecule has 0 radical (unpaired) electrons. The van der Waals surface area contributed by atoms with E-state index in [-0.39, 0.29) is 0 Å². The average Bonchev–Trinajstić information content (AvgIpc) is 1.83. The average molecular weight is 230 g/mol. The first kappa shape index (κ1) is 12.2. The van der Waals surface area contributed by atoms with Gasteiger partial charge in [-0.15, -0.1) is 0 Å². The SMILES string of the molecule is CON(S(C)(=O)=O)S(=O)(=O)N=C=O. The molecule has 0 aromatic rings. The Hall–Kier alpha value is -0.800. The van der Waals surface area contributed by atoms with Gasteiger partial charge in [0.05, 0.1) is 17.2 Å². The van der Waals surface area contributed by atoms with Crippen molar-refractivity contribution in [3.8, 4) is 0 Å². The molecule has 0 unspecified atom stereocenters. The van der Waals surface area contributed by atoms with Crippen molar-refractivity contribution in [1.82, 2.24) is 3.87 Å². The Kier molecular flexibility index (Phi) is 3.70. The zero-order valence-corrected chi connectivity index (χ0v) is 8.29. The van der Waals surface area contributed by atoms with E-state index in [2.05, 4.69) is 9.24 Å². The zero-order chi connectivity index (χ0) is 10.7. The third kappa shape index (κ3) is 3.20. The number of rotatable bonds is 4. The molecule has 0 aromatic carbocycles. The Morgan fingerprint density at radius 2 is 1.77 bits per heavy atom. The maximum absolute atomic E-state index is 10.8. The molecule has 8 nitrogen and oxygen atoms in total. The fourth-order valence-corrected chi connectivity index (χ4v) is 2.57. The standard InChI is InChI=1S/C3H6N2O6S2/c1-11-5(12(2,7)8)13(9,10)4-3-6/h1-2H3. The zero-order valence-electron chi connectivity index (χ0n) is 6.66. The summed E-state index contributed by atoms with van der Waals surface area (Å²) in [5.74, 6) is 0. The van der Waals surface area contributed by atoms with Crippen LogP contribution in [0.15, 0.2) is 4.40 Å². The van der Waals surface area contributed by atoms with Crippen LogP contribution in [-0.2, 0) is 29.9 Å². The highest BCUT2D eigenvalue weighted by molar-refractivity contribution is 8.02. The Bertz CT molecular complexity index is 415. The predicted molar refractivity (Wildman–Crippen MR) is 40.7 cm³/mol. The van der Waals surface area contributed by atoms with Gasteiger partial charge < -0.3 is 0 Å². The lowest BCUT2D eigenvalue weighted by molar-refractivity contribution is 0.0299. The second kappa shape index (κ2) is 3.94. The minimum atomic E-state index is -4.66. The number of hydrogen-bond donors (Lipinski definition) is 0. The maximum Gasteiger partial charge on any atom is 0.369 e. The van der Waals surface area contributed by atoms with E-state index in [9.17, 15) is 21.6 Å². The lowest BCUT2D eigenvalue weighted by Gasteiger charge is -2.11. The van der Waals surface area contributed by atoms with Crippen LogP contribution in [-0.4, -0.2) is 40.2 Å². The lowest BCUT2D eigenvalue weighted by Crippen LogP contribution is -2.33. The van der Waals surface area contributed by atoms with E-state index in [4.69, 9.17) is 0 Å². The largest absolute Gasteiger partial charge is 0.369 e. The van der Waals surface area contributed by atoms with Gasteiger partial charge in [0.25, 0.3) is 6.08 Å². The van der Waals surface area contributed by atoms with Gasteiger partial charge in [0.2, 0.25) is 10.0 Å². The summed E-state index contributed by atoms with van der Waals surface area (Å²) >= 11 is 0. The molecule has 0 spiro atoms. The molecular weight excluding hydrogens is 224 g/mol. The van der Waals surface area contributed by atoms with Gasteiger partial charge in [-0.05, 0) is 0 Å². The van der Waals surface area contributed by atoms with Gasteiger partial charge in [0, 0.05) is 0 Å². The van der Waals surface area contributed by atoms with Crippen LogP contribution in [0.5, 0.6) is 0 Å². The molecule has 0 heterocycles. The monoisotopic (exact) mass is 230 g/mol. The molecule has 0 saturated carbocycles. The summed E-state index contributed by atoms with van der Waals surface area (Å²) in [5, 5.41) is 0. The van der Waals surface area contributed by atoms with E-state index >= 15 is 0 Å². The predicted octanol–water partition coefficient (Wildman–Crippen LogP) is -1.61. The van der Waals surface area contributed by atoms with E-state index in [0.29, 0.717) is 12.3 Å². The number of nitrogens with zero attached hydrogens (tertiary/aromatic N) is 2. The molecule has 76 valence electrons. The third-order valence-electron chi connectivity index (χ3n) is 0.761. The van der Waals surface area contributed by atoms with Crippen molar-refractivity contribution in [1.29, 1.82) is 0 Å². The summed E-state index contributed by atoms with van der Waals surface area (Å²) in [6, 6.07) is 0. The molecule has 10 heteroatoms. The smallest absolute Gasteiger partial charge is 0.272 e. The van der Waals surface area contributed by atoms with Gasteiger partial charge >= 0.3 is 10.2 Å². The molecule has 0 bridgehead atoms. The van der Waals surface area contributed by atoms with Gasteiger partial charge in [-0.1, -0.05) is 4.40 Å². The molecule has 0 aliphatic heterocycles. The van der Waals surface area contributed by atoms with Crippen LogP contribution in [0.4, 0.5) is 0 Å². The van der Waals surface area contributed by atoms with Gasteiger partial charge in [0.1, 0.15) is 0 Å². The summed E-state index contributed by atoms with van der Waals surface area (Å²) in [7, 11) is -8.00. The summed E-state index contributed by atoms with van der Waals surface area (Å²) in [6.07, 6.45) is 1.27. The van der Waals surface area contributed by atoms with Crippen molar-refractivity contribution in [2.75, 3.05) is 13.4 Å². The molecule has 0 aliphatic rings.